The van der Waals surface area contributed by atoms with Crippen LogP contribution < -0.4 is 10.6 Å². The lowest BCUT2D eigenvalue weighted by Crippen LogP contribution is -2.15. The molecule has 6 heteroatoms. The van der Waals surface area contributed by atoms with Crippen LogP contribution in [0.3, 0.4) is 0 Å². The maximum atomic E-state index is 12.1. The monoisotopic (exact) mass is 306 g/mol. The van der Waals surface area contributed by atoms with Gasteiger partial charge in [-0.25, -0.2) is 4.98 Å². The molecule has 18 heavy (non-hydrogen) atoms. The summed E-state index contributed by atoms with van der Waals surface area (Å²) in [6.45, 7) is 0. The van der Waals surface area contributed by atoms with Crippen LogP contribution in [0.1, 0.15) is 10.4 Å². The molecule has 2 N–H and O–H groups in total. The van der Waals surface area contributed by atoms with Crippen molar-refractivity contribution in [3.8, 4) is 0 Å². The Labute approximate surface area is 113 Å². The second kappa shape index (κ2) is 5.59. The molecule has 0 aliphatic carbocycles. The van der Waals surface area contributed by atoms with Crippen LogP contribution in [0.15, 0.2) is 41.3 Å². The van der Waals surface area contributed by atoms with E-state index in [0.717, 1.165) is 10.2 Å². The van der Waals surface area contributed by atoms with Gasteiger partial charge in [0.05, 0.1) is 10.0 Å². The topological polar surface area (TPSA) is 66.9 Å². The molecule has 2 aromatic rings. The van der Waals surface area contributed by atoms with Gasteiger partial charge in [0.25, 0.3) is 5.91 Å². The number of pyridine rings is 2. The number of rotatable bonds is 3. The number of carbonyl (C=O) groups excluding carboxylic acids is 1. The third-order valence-corrected chi connectivity index (χ3v) is 2.97. The molecule has 0 spiro atoms. The largest absolute Gasteiger partial charge is 0.387 e. The van der Waals surface area contributed by atoms with E-state index < -0.39 is 0 Å². The fourth-order valence-corrected chi connectivity index (χ4v) is 1.80. The zero-order valence-corrected chi connectivity index (χ0v) is 11.2. The van der Waals surface area contributed by atoms with Crippen LogP contribution in [0.2, 0.25) is 0 Å². The van der Waals surface area contributed by atoms with Crippen molar-refractivity contribution in [2.75, 3.05) is 17.7 Å². The summed E-state index contributed by atoms with van der Waals surface area (Å²) in [5.41, 5.74) is 1.19. The molecule has 0 atom stereocenters. The van der Waals surface area contributed by atoms with E-state index in [-0.39, 0.29) is 5.91 Å². The van der Waals surface area contributed by atoms with Crippen LogP contribution >= 0.6 is 15.9 Å². The molecule has 1 amide bonds. The molecule has 0 radical (unpaired) electrons. The van der Waals surface area contributed by atoms with Crippen LogP contribution in [0.4, 0.5) is 11.5 Å². The summed E-state index contributed by atoms with van der Waals surface area (Å²) in [4.78, 5) is 20.1. The third kappa shape index (κ3) is 2.65. The maximum Gasteiger partial charge on any atom is 0.260 e. The van der Waals surface area contributed by atoms with Gasteiger partial charge in [-0.05, 0) is 34.1 Å². The molecule has 0 unspecified atom stereocenters. The predicted molar refractivity (Wildman–Crippen MR) is 73.7 cm³/mol. The molecule has 0 fully saturated rings. The predicted octanol–water partition coefficient (Wildman–Crippen LogP) is 2.53. The molecule has 0 aromatic carbocycles. The molecule has 2 aromatic heterocycles. The van der Waals surface area contributed by atoms with E-state index >= 15 is 0 Å². The Bertz CT molecular complexity index is 574. The summed E-state index contributed by atoms with van der Waals surface area (Å²) in [7, 11) is 1.75. The van der Waals surface area contributed by atoms with Gasteiger partial charge in [0.2, 0.25) is 0 Å². The van der Waals surface area contributed by atoms with Crippen LogP contribution in [0, 0.1) is 0 Å². The van der Waals surface area contributed by atoms with Crippen molar-refractivity contribution in [2.45, 2.75) is 0 Å². The molecule has 2 heterocycles. The SMILES string of the molecule is CNc1ccncc1C(=O)Nc1ncccc1Br. The Hall–Kier alpha value is -1.95. The number of halogens is 1. The first-order chi connectivity index (χ1) is 8.72. The van der Waals surface area contributed by atoms with E-state index in [4.69, 9.17) is 0 Å². The Morgan fingerprint density at radius 2 is 2.17 bits per heavy atom. The number of carbonyl (C=O) groups is 1. The lowest BCUT2D eigenvalue weighted by molar-refractivity contribution is 0.102. The summed E-state index contributed by atoms with van der Waals surface area (Å²) >= 11 is 3.32. The number of amides is 1. The molecule has 0 aliphatic rings. The molecule has 0 saturated heterocycles. The van der Waals surface area contributed by atoms with Crippen molar-refractivity contribution >= 4 is 33.3 Å². The third-order valence-electron chi connectivity index (χ3n) is 2.33. The zero-order valence-electron chi connectivity index (χ0n) is 9.64. The van der Waals surface area contributed by atoms with Crippen molar-refractivity contribution in [1.82, 2.24) is 9.97 Å². The van der Waals surface area contributed by atoms with E-state index in [2.05, 4.69) is 36.5 Å². The van der Waals surface area contributed by atoms with Crippen molar-refractivity contribution in [1.29, 1.82) is 0 Å². The molecule has 5 nitrogen and oxygen atoms in total. The second-order valence-electron chi connectivity index (χ2n) is 3.46. The van der Waals surface area contributed by atoms with Gasteiger partial charge in [-0.15, -0.1) is 0 Å². The summed E-state index contributed by atoms with van der Waals surface area (Å²) in [6, 6.07) is 5.33. The average Bonchev–Trinajstić information content (AvgIpc) is 2.41. The van der Waals surface area contributed by atoms with Crippen LogP contribution in [0.5, 0.6) is 0 Å². The Balaban J connectivity index is 2.25. The van der Waals surface area contributed by atoms with E-state index in [0.29, 0.717) is 11.4 Å². The molecule has 2 rings (SSSR count). The van der Waals surface area contributed by atoms with Crippen molar-refractivity contribution < 1.29 is 4.79 Å². The number of nitrogens with zero attached hydrogens (tertiary/aromatic N) is 2. The van der Waals surface area contributed by atoms with Gasteiger partial charge in [-0.3, -0.25) is 9.78 Å². The standard InChI is InChI=1S/C12H11BrN4O/c1-14-10-4-6-15-7-8(10)12(18)17-11-9(13)3-2-5-16-11/h2-7H,1H3,(H,14,15)(H,16,17,18). The van der Waals surface area contributed by atoms with Gasteiger partial charge < -0.3 is 10.6 Å². The maximum absolute atomic E-state index is 12.1. The Morgan fingerprint density at radius 3 is 2.89 bits per heavy atom. The minimum atomic E-state index is -0.258. The Morgan fingerprint density at radius 1 is 1.33 bits per heavy atom. The van der Waals surface area contributed by atoms with Crippen molar-refractivity contribution in [3.63, 3.8) is 0 Å². The lowest BCUT2D eigenvalue weighted by Gasteiger charge is -2.09. The van der Waals surface area contributed by atoms with Gasteiger partial charge in [0.15, 0.2) is 0 Å². The number of nitrogens with one attached hydrogen (secondary N) is 2. The fraction of sp³-hybridized carbons (Fsp3) is 0.0833. The quantitative estimate of drug-likeness (QED) is 0.914. The zero-order chi connectivity index (χ0) is 13.0. The summed E-state index contributed by atoms with van der Waals surface area (Å²) < 4.78 is 0.730. The van der Waals surface area contributed by atoms with Crippen molar-refractivity contribution in [2.24, 2.45) is 0 Å². The average molecular weight is 307 g/mol. The first kappa shape index (κ1) is 12.5. The van der Waals surface area contributed by atoms with Gasteiger partial charge in [-0.2, -0.15) is 0 Å². The van der Waals surface area contributed by atoms with Crippen molar-refractivity contribution in [3.05, 3.63) is 46.8 Å². The number of anilines is 2. The molecular formula is C12H11BrN4O. The highest BCUT2D eigenvalue weighted by Gasteiger charge is 2.12. The summed E-state index contributed by atoms with van der Waals surface area (Å²) in [5, 5.41) is 5.67. The minimum Gasteiger partial charge on any atom is -0.387 e. The highest BCUT2D eigenvalue weighted by molar-refractivity contribution is 9.10. The smallest absolute Gasteiger partial charge is 0.260 e. The Kier molecular flexibility index (Phi) is 3.88. The lowest BCUT2D eigenvalue weighted by atomic mass is 10.2. The first-order valence-electron chi connectivity index (χ1n) is 5.26. The number of hydrogen-bond acceptors (Lipinski definition) is 4. The van der Waals surface area contributed by atoms with E-state index in [1.54, 1.807) is 31.6 Å². The number of aromatic nitrogens is 2. The van der Waals surface area contributed by atoms with Gasteiger partial charge in [-0.1, -0.05) is 0 Å². The number of hydrogen-bond donors (Lipinski definition) is 2. The van der Waals surface area contributed by atoms with Crippen LogP contribution in [0.25, 0.3) is 0 Å². The highest BCUT2D eigenvalue weighted by Crippen LogP contribution is 2.20. The summed E-state index contributed by atoms with van der Waals surface area (Å²) in [5.74, 6) is 0.222. The van der Waals surface area contributed by atoms with E-state index in [9.17, 15) is 4.79 Å². The van der Waals surface area contributed by atoms with Crippen LogP contribution in [-0.4, -0.2) is 22.9 Å². The fourth-order valence-electron chi connectivity index (χ4n) is 1.45. The molecule has 92 valence electrons. The van der Waals surface area contributed by atoms with E-state index in [1.165, 1.54) is 6.20 Å². The molecular weight excluding hydrogens is 296 g/mol. The summed E-state index contributed by atoms with van der Waals surface area (Å²) in [6.07, 6.45) is 4.75. The van der Waals surface area contributed by atoms with Gasteiger partial charge in [0.1, 0.15) is 5.82 Å². The van der Waals surface area contributed by atoms with Crippen LogP contribution in [-0.2, 0) is 0 Å². The normalized spacial score (nSPS) is 9.89. The van der Waals surface area contributed by atoms with Gasteiger partial charge in [0, 0.05) is 31.3 Å². The second-order valence-corrected chi connectivity index (χ2v) is 4.31. The highest BCUT2D eigenvalue weighted by atomic mass is 79.9. The molecule has 0 saturated carbocycles. The van der Waals surface area contributed by atoms with E-state index in [1.807, 2.05) is 6.07 Å². The first-order valence-corrected chi connectivity index (χ1v) is 6.05. The minimum absolute atomic E-state index is 0.258. The molecule has 0 aliphatic heterocycles. The molecule has 0 bridgehead atoms. The van der Waals surface area contributed by atoms with Gasteiger partial charge >= 0.3 is 0 Å².